The van der Waals surface area contributed by atoms with E-state index in [1.807, 2.05) is 72.9 Å². The SMILES string of the molecule is O=C(O)CCCc1cn(C(C(=O)O)c2cccc3ccccc23)c2ccccc12. The zero-order valence-electron chi connectivity index (χ0n) is 15.8. The van der Waals surface area contributed by atoms with E-state index in [4.69, 9.17) is 5.11 Å². The number of hydrogen-bond acceptors (Lipinski definition) is 2. The molecular weight excluding hydrogens is 366 g/mol. The number of aliphatic carboxylic acids is 2. The van der Waals surface area contributed by atoms with Gasteiger partial charge in [0, 0.05) is 23.5 Å². The molecule has 0 aliphatic carbocycles. The highest BCUT2D eigenvalue weighted by Crippen LogP contribution is 2.32. The van der Waals surface area contributed by atoms with Crippen LogP contribution in [0.15, 0.2) is 72.9 Å². The first-order valence-electron chi connectivity index (χ1n) is 9.57. The number of rotatable bonds is 7. The lowest BCUT2D eigenvalue weighted by atomic mass is 9.98. The lowest BCUT2D eigenvalue weighted by Crippen LogP contribution is -2.20. The lowest BCUT2D eigenvalue weighted by Gasteiger charge is -2.18. The van der Waals surface area contributed by atoms with E-state index in [-0.39, 0.29) is 6.42 Å². The van der Waals surface area contributed by atoms with Gasteiger partial charge in [-0.25, -0.2) is 4.79 Å². The molecule has 3 aromatic carbocycles. The molecule has 2 N–H and O–H groups in total. The normalized spacial score (nSPS) is 12.3. The maximum atomic E-state index is 12.4. The molecule has 1 unspecified atom stereocenters. The topological polar surface area (TPSA) is 79.5 Å². The highest BCUT2D eigenvalue weighted by Gasteiger charge is 2.26. The van der Waals surface area contributed by atoms with Crippen molar-refractivity contribution in [2.45, 2.75) is 25.3 Å². The fourth-order valence-electron chi connectivity index (χ4n) is 4.01. The molecule has 29 heavy (non-hydrogen) atoms. The molecule has 0 radical (unpaired) electrons. The Labute approximate surface area is 167 Å². The van der Waals surface area contributed by atoms with Gasteiger partial charge in [-0.3, -0.25) is 4.79 Å². The number of nitrogens with zero attached hydrogens (tertiary/aromatic N) is 1. The molecule has 0 spiro atoms. The van der Waals surface area contributed by atoms with Crippen LogP contribution in [0.4, 0.5) is 0 Å². The van der Waals surface area contributed by atoms with E-state index in [9.17, 15) is 14.7 Å². The Morgan fingerprint density at radius 1 is 0.862 bits per heavy atom. The van der Waals surface area contributed by atoms with Gasteiger partial charge in [0.25, 0.3) is 0 Å². The molecule has 146 valence electrons. The molecule has 1 atom stereocenters. The summed E-state index contributed by atoms with van der Waals surface area (Å²) in [6.07, 6.45) is 3.05. The molecular formula is C24H21NO4. The summed E-state index contributed by atoms with van der Waals surface area (Å²) in [5.74, 6) is -1.76. The van der Waals surface area contributed by atoms with Gasteiger partial charge in [0.05, 0.1) is 0 Å². The second kappa shape index (κ2) is 7.80. The molecule has 0 fully saturated rings. The monoisotopic (exact) mass is 387 g/mol. The summed E-state index contributed by atoms with van der Waals surface area (Å²) in [5, 5.41) is 22.0. The van der Waals surface area contributed by atoms with Gasteiger partial charge >= 0.3 is 11.9 Å². The third-order valence-corrected chi connectivity index (χ3v) is 5.29. The number of para-hydroxylation sites is 1. The quantitative estimate of drug-likeness (QED) is 0.474. The zero-order valence-corrected chi connectivity index (χ0v) is 15.8. The van der Waals surface area contributed by atoms with Gasteiger partial charge in [-0.1, -0.05) is 60.7 Å². The van der Waals surface area contributed by atoms with Crippen LogP contribution in [0.5, 0.6) is 0 Å². The summed E-state index contributed by atoms with van der Waals surface area (Å²) in [5.41, 5.74) is 2.53. The standard InChI is InChI=1S/C24H21NO4/c26-22(27)14-6-9-17-15-25(21-13-4-3-11-19(17)21)23(24(28)29)20-12-5-8-16-7-1-2-10-18(16)20/h1-5,7-8,10-13,15,23H,6,9,14H2,(H,26,27)(H,28,29). The highest BCUT2D eigenvalue weighted by atomic mass is 16.4. The van der Waals surface area contributed by atoms with Crippen LogP contribution >= 0.6 is 0 Å². The number of fused-ring (bicyclic) bond motifs is 2. The minimum absolute atomic E-state index is 0.0885. The Bertz CT molecular complexity index is 1200. The van der Waals surface area contributed by atoms with E-state index in [0.717, 1.165) is 32.8 Å². The van der Waals surface area contributed by atoms with Crippen molar-refractivity contribution < 1.29 is 19.8 Å². The fraction of sp³-hybridized carbons (Fsp3) is 0.167. The van der Waals surface area contributed by atoms with Gasteiger partial charge in [0.1, 0.15) is 0 Å². The first-order valence-corrected chi connectivity index (χ1v) is 9.57. The van der Waals surface area contributed by atoms with Gasteiger partial charge in [-0.2, -0.15) is 0 Å². The van der Waals surface area contributed by atoms with E-state index in [1.165, 1.54) is 0 Å². The maximum absolute atomic E-state index is 12.4. The molecule has 0 saturated heterocycles. The molecule has 1 aromatic heterocycles. The number of aryl methyl sites for hydroxylation is 1. The lowest BCUT2D eigenvalue weighted by molar-refractivity contribution is -0.139. The van der Waals surface area contributed by atoms with Crippen molar-refractivity contribution in [1.29, 1.82) is 0 Å². The van der Waals surface area contributed by atoms with Crippen molar-refractivity contribution in [3.63, 3.8) is 0 Å². The number of benzene rings is 3. The van der Waals surface area contributed by atoms with Crippen LogP contribution in [0.25, 0.3) is 21.7 Å². The van der Waals surface area contributed by atoms with Gasteiger partial charge in [-0.05, 0) is 40.8 Å². The number of hydrogen-bond donors (Lipinski definition) is 2. The third kappa shape index (κ3) is 3.59. The largest absolute Gasteiger partial charge is 0.481 e. The van der Waals surface area contributed by atoms with Crippen molar-refractivity contribution in [3.8, 4) is 0 Å². The molecule has 0 aliphatic rings. The molecule has 4 aromatic rings. The van der Waals surface area contributed by atoms with Gasteiger partial charge < -0.3 is 14.8 Å². The van der Waals surface area contributed by atoms with Crippen LogP contribution in [-0.2, 0) is 16.0 Å². The molecule has 5 heteroatoms. The number of carboxylic acid groups (broad SMARTS) is 2. The van der Waals surface area contributed by atoms with E-state index in [1.54, 1.807) is 4.57 Å². The summed E-state index contributed by atoms with van der Waals surface area (Å²) in [6.45, 7) is 0. The maximum Gasteiger partial charge on any atom is 0.331 e. The molecule has 0 aliphatic heterocycles. The second-order valence-electron chi connectivity index (χ2n) is 7.14. The Kier molecular flexibility index (Phi) is 5.04. The Hall–Kier alpha value is -3.60. The summed E-state index contributed by atoms with van der Waals surface area (Å²) in [7, 11) is 0. The second-order valence-corrected chi connectivity index (χ2v) is 7.14. The van der Waals surface area contributed by atoms with Crippen LogP contribution in [0.1, 0.15) is 30.0 Å². The van der Waals surface area contributed by atoms with Crippen LogP contribution in [0.2, 0.25) is 0 Å². The summed E-state index contributed by atoms with van der Waals surface area (Å²) < 4.78 is 1.80. The minimum Gasteiger partial charge on any atom is -0.481 e. The minimum atomic E-state index is -0.931. The Balaban J connectivity index is 1.86. The first kappa shape index (κ1) is 18.7. The predicted molar refractivity (Wildman–Crippen MR) is 112 cm³/mol. The summed E-state index contributed by atoms with van der Waals surface area (Å²) >= 11 is 0. The summed E-state index contributed by atoms with van der Waals surface area (Å²) in [6, 6.07) is 20.3. The molecule has 0 saturated carbocycles. The summed E-state index contributed by atoms with van der Waals surface area (Å²) in [4.78, 5) is 23.3. The van der Waals surface area contributed by atoms with E-state index >= 15 is 0 Å². The smallest absolute Gasteiger partial charge is 0.331 e. The van der Waals surface area contributed by atoms with Crippen LogP contribution < -0.4 is 0 Å². The van der Waals surface area contributed by atoms with Gasteiger partial charge in [0.15, 0.2) is 6.04 Å². The fourth-order valence-corrected chi connectivity index (χ4v) is 4.01. The van der Waals surface area contributed by atoms with Crippen LogP contribution in [0.3, 0.4) is 0 Å². The molecule has 4 rings (SSSR count). The van der Waals surface area contributed by atoms with Crippen molar-refractivity contribution in [2.75, 3.05) is 0 Å². The number of carbonyl (C=O) groups is 2. The molecule has 1 heterocycles. The molecule has 0 bridgehead atoms. The number of carboxylic acids is 2. The van der Waals surface area contributed by atoms with Crippen molar-refractivity contribution >= 4 is 33.6 Å². The van der Waals surface area contributed by atoms with Crippen LogP contribution in [-0.4, -0.2) is 26.7 Å². The van der Waals surface area contributed by atoms with Crippen molar-refractivity contribution in [3.05, 3.63) is 84.1 Å². The first-order chi connectivity index (χ1) is 14.1. The molecule has 0 amide bonds. The van der Waals surface area contributed by atoms with E-state index < -0.39 is 18.0 Å². The predicted octanol–water partition coefficient (Wildman–Crippen LogP) is 4.88. The highest BCUT2D eigenvalue weighted by molar-refractivity contribution is 5.93. The average Bonchev–Trinajstić information content (AvgIpc) is 3.06. The Morgan fingerprint density at radius 2 is 1.55 bits per heavy atom. The van der Waals surface area contributed by atoms with Gasteiger partial charge in [-0.15, -0.1) is 0 Å². The zero-order chi connectivity index (χ0) is 20.4. The molecule has 5 nitrogen and oxygen atoms in total. The Morgan fingerprint density at radius 3 is 2.31 bits per heavy atom. The van der Waals surface area contributed by atoms with Gasteiger partial charge in [0.2, 0.25) is 0 Å². The van der Waals surface area contributed by atoms with Crippen molar-refractivity contribution in [1.82, 2.24) is 4.57 Å². The van der Waals surface area contributed by atoms with Crippen LogP contribution in [0, 0.1) is 0 Å². The third-order valence-electron chi connectivity index (χ3n) is 5.29. The van der Waals surface area contributed by atoms with Crippen molar-refractivity contribution in [2.24, 2.45) is 0 Å². The van der Waals surface area contributed by atoms with E-state index in [2.05, 4.69) is 0 Å². The van der Waals surface area contributed by atoms with E-state index in [0.29, 0.717) is 12.8 Å². The average molecular weight is 387 g/mol. The number of aromatic nitrogens is 1.